The Bertz CT molecular complexity index is 820. The fourth-order valence-electron chi connectivity index (χ4n) is 2.55. The van der Waals surface area contributed by atoms with Gasteiger partial charge in [-0.1, -0.05) is 30.3 Å². The van der Waals surface area contributed by atoms with E-state index < -0.39 is 0 Å². The predicted octanol–water partition coefficient (Wildman–Crippen LogP) is 2.92. The van der Waals surface area contributed by atoms with Crippen LogP contribution in [0.25, 0.3) is 5.65 Å². The summed E-state index contributed by atoms with van der Waals surface area (Å²) in [7, 11) is 0. The highest BCUT2D eigenvalue weighted by atomic mass is 16.1. The normalized spacial score (nSPS) is 10.8. The van der Waals surface area contributed by atoms with E-state index in [1.54, 1.807) is 6.20 Å². The van der Waals surface area contributed by atoms with Crippen molar-refractivity contribution in [2.24, 2.45) is 0 Å². The van der Waals surface area contributed by atoms with Gasteiger partial charge in [0, 0.05) is 18.4 Å². The summed E-state index contributed by atoms with van der Waals surface area (Å²) in [5.74, 6) is -0.128. The number of hydrogen-bond donors (Lipinski definition) is 1. The Morgan fingerprint density at radius 3 is 2.73 bits per heavy atom. The molecule has 0 aliphatic rings. The summed E-state index contributed by atoms with van der Waals surface area (Å²) in [6.45, 7) is 4.69. The smallest absolute Gasteiger partial charge is 0.271 e. The van der Waals surface area contributed by atoms with E-state index in [1.807, 2.05) is 41.7 Å². The van der Waals surface area contributed by atoms with Gasteiger partial charge in [-0.25, -0.2) is 4.98 Å². The first-order valence-corrected chi connectivity index (χ1v) is 7.42. The van der Waals surface area contributed by atoms with E-state index in [1.165, 1.54) is 11.1 Å². The molecular formula is C18H19N3O. The summed E-state index contributed by atoms with van der Waals surface area (Å²) >= 11 is 0. The molecule has 0 fully saturated rings. The third kappa shape index (κ3) is 2.86. The minimum Gasteiger partial charge on any atom is -0.350 e. The van der Waals surface area contributed by atoms with Crippen LogP contribution in [0, 0.1) is 13.8 Å². The molecule has 22 heavy (non-hydrogen) atoms. The second-order valence-electron chi connectivity index (χ2n) is 5.45. The lowest BCUT2D eigenvalue weighted by molar-refractivity contribution is 0.0949. The van der Waals surface area contributed by atoms with Crippen LogP contribution in [-0.2, 0) is 6.42 Å². The van der Waals surface area contributed by atoms with E-state index in [-0.39, 0.29) is 5.91 Å². The maximum atomic E-state index is 12.2. The molecule has 4 heteroatoms. The number of nitrogens with one attached hydrogen (secondary N) is 1. The van der Waals surface area contributed by atoms with Crippen LogP contribution < -0.4 is 5.32 Å². The molecule has 0 atom stereocenters. The molecule has 112 valence electrons. The molecule has 3 rings (SSSR count). The van der Waals surface area contributed by atoms with Crippen molar-refractivity contribution in [3.05, 3.63) is 71.2 Å². The average Bonchev–Trinajstić information content (AvgIpc) is 2.95. The molecule has 0 radical (unpaired) electrons. The van der Waals surface area contributed by atoms with Crippen molar-refractivity contribution < 1.29 is 4.79 Å². The largest absolute Gasteiger partial charge is 0.350 e. The zero-order chi connectivity index (χ0) is 15.5. The Hall–Kier alpha value is -2.62. The van der Waals surface area contributed by atoms with E-state index in [2.05, 4.69) is 29.4 Å². The lowest BCUT2D eigenvalue weighted by atomic mass is 10.1. The van der Waals surface area contributed by atoms with Gasteiger partial charge in [-0.05, 0) is 43.5 Å². The highest BCUT2D eigenvalue weighted by Crippen LogP contribution is 2.09. The maximum Gasteiger partial charge on any atom is 0.271 e. The van der Waals surface area contributed by atoms with Gasteiger partial charge in [0.25, 0.3) is 5.91 Å². The Morgan fingerprint density at radius 2 is 1.95 bits per heavy atom. The Labute approximate surface area is 129 Å². The monoisotopic (exact) mass is 293 g/mol. The summed E-state index contributed by atoms with van der Waals surface area (Å²) in [5.41, 5.74) is 4.82. The molecule has 1 N–H and O–H groups in total. The Kier molecular flexibility index (Phi) is 3.92. The number of imidazole rings is 1. The maximum absolute atomic E-state index is 12.2. The van der Waals surface area contributed by atoms with Gasteiger partial charge in [0.15, 0.2) is 0 Å². The van der Waals surface area contributed by atoms with Gasteiger partial charge < -0.3 is 9.72 Å². The molecule has 0 aliphatic heterocycles. The lowest BCUT2D eigenvalue weighted by Crippen LogP contribution is -2.26. The third-order valence-corrected chi connectivity index (χ3v) is 3.87. The van der Waals surface area contributed by atoms with Crippen molar-refractivity contribution in [2.75, 3.05) is 6.54 Å². The van der Waals surface area contributed by atoms with Crippen molar-refractivity contribution in [1.82, 2.24) is 14.7 Å². The highest BCUT2D eigenvalue weighted by molar-refractivity contribution is 5.92. The fourth-order valence-corrected chi connectivity index (χ4v) is 2.55. The summed E-state index contributed by atoms with van der Waals surface area (Å²) in [4.78, 5) is 16.6. The quantitative estimate of drug-likeness (QED) is 0.804. The molecule has 2 aromatic heterocycles. The van der Waals surface area contributed by atoms with E-state index in [0.29, 0.717) is 12.2 Å². The number of pyridine rings is 1. The average molecular weight is 293 g/mol. The molecule has 0 unspecified atom stereocenters. The first kappa shape index (κ1) is 14.3. The minimum atomic E-state index is -0.128. The molecule has 0 aliphatic carbocycles. The van der Waals surface area contributed by atoms with Crippen LogP contribution in [0.4, 0.5) is 0 Å². The van der Waals surface area contributed by atoms with Gasteiger partial charge in [-0.2, -0.15) is 0 Å². The van der Waals surface area contributed by atoms with Gasteiger partial charge >= 0.3 is 0 Å². The number of aromatic nitrogens is 2. The van der Waals surface area contributed by atoms with Crippen molar-refractivity contribution in [3.63, 3.8) is 0 Å². The third-order valence-electron chi connectivity index (χ3n) is 3.87. The summed E-state index contributed by atoms with van der Waals surface area (Å²) in [6, 6.07) is 14.1. The zero-order valence-corrected chi connectivity index (χ0v) is 12.8. The molecule has 3 aromatic rings. The molecule has 4 nitrogen and oxygen atoms in total. The topological polar surface area (TPSA) is 46.4 Å². The second kappa shape index (κ2) is 6.02. The molecule has 0 spiro atoms. The van der Waals surface area contributed by atoms with E-state index in [9.17, 15) is 4.79 Å². The second-order valence-corrected chi connectivity index (χ2v) is 5.45. The number of nitrogens with zero attached hydrogens (tertiary/aromatic N) is 2. The van der Waals surface area contributed by atoms with Gasteiger partial charge in [0.05, 0.1) is 0 Å². The van der Waals surface area contributed by atoms with Crippen LogP contribution in [0.5, 0.6) is 0 Å². The van der Waals surface area contributed by atoms with Crippen LogP contribution in [-0.4, -0.2) is 21.8 Å². The number of fused-ring (bicyclic) bond motifs is 1. The number of rotatable bonds is 4. The van der Waals surface area contributed by atoms with Crippen LogP contribution in [0.3, 0.4) is 0 Å². The number of hydrogen-bond acceptors (Lipinski definition) is 2. The van der Waals surface area contributed by atoms with Crippen molar-refractivity contribution in [1.29, 1.82) is 0 Å². The molecule has 1 aromatic carbocycles. The van der Waals surface area contributed by atoms with Crippen LogP contribution >= 0.6 is 0 Å². The summed E-state index contributed by atoms with van der Waals surface area (Å²) < 4.78 is 1.93. The number of aryl methyl sites for hydroxylation is 2. The van der Waals surface area contributed by atoms with E-state index in [0.717, 1.165) is 17.8 Å². The number of benzene rings is 1. The Morgan fingerprint density at radius 1 is 1.14 bits per heavy atom. The number of amides is 1. The minimum absolute atomic E-state index is 0.128. The van der Waals surface area contributed by atoms with Crippen LogP contribution in [0.1, 0.15) is 27.3 Å². The molecule has 2 heterocycles. The fraction of sp³-hybridized carbons (Fsp3) is 0.222. The standard InChI is InChI=1S/C18H19N3O/c1-13-6-3-4-8-15(13)10-11-19-18(22)16-12-21-14(2)7-5-9-17(21)20-16/h3-9,12H,10-11H2,1-2H3,(H,19,22). The van der Waals surface area contributed by atoms with Gasteiger partial charge in [0.2, 0.25) is 0 Å². The van der Waals surface area contributed by atoms with Crippen LogP contribution in [0.2, 0.25) is 0 Å². The molecule has 0 saturated heterocycles. The first-order chi connectivity index (χ1) is 10.6. The molecular weight excluding hydrogens is 274 g/mol. The van der Waals surface area contributed by atoms with Gasteiger partial charge in [0.1, 0.15) is 11.3 Å². The van der Waals surface area contributed by atoms with Gasteiger partial charge in [-0.3, -0.25) is 4.79 Å². The van der Waals surface area contributed by atoms with Gasteiger partial charge in [-0.15, -0.1) is 0 Å². The van der Waals surface area contributed by atoms with E-state index in [4.69, 9.17) is 0 Å². The summed E-state index contributed by atoms with van der Waals surface area (Å²) in [6.07, 6.45) is 2.61. The summed E-state index contributed by atoms with van der Waals surface area (Å²) in [5, 5.41) is 2.94. The predicted molar refractivity (Wildman–Crippen MR) is 87.1 cm³/mol. The van der Waals surface area contributed by atoms with Crippen LogP contribution in [0.15, 0.2) is 48.7 Å². The number of carbonyl (C=O) groups excluding carboxylic acids is 1. The van der Waals surface area contributed by atoms with E-state index >= 15 is 0 Å². The number of carbonyl (C=O) groups is 1. The van der Waals surface area contributed by atoms with Crippen molar-refractivity contribution in [3.8, 4) is 0 Å². The SMILES string of the molecule is Cc1ccccc1CCNC(=O)c1cn2c(C)cccc2n1. The highest BCUT2D eigenvalue weighted by Gasteiger charge is 2.11. The molecule has 1 amide bonds. The zero-order valence-electron chi connectivity index (χ0n) is 12.8. The first-order valence-electron chi connectivity index (χ1n) is 7.42. The lowest BCUT2D eigenvalue weighted by Gasteiger charge is -2.06. The molecule has 0 saturated carbocycles. The van der Waals surface area contributed by atoms with Crippen molar-refractivity contribution in [2.45, 2.75) is 20.3 Å². The molecule has 0 bridgehead atoms. The Balaban J connectivity index is 1.66. The van der Waals surface area contributed by atoms with Crippen molar-refractivity contribution >= 4 is 11.6 Å².